The van der Waals surface area contributed by atoms with E-state index in [1.54, 1.807) is 0 Å². The third kappa shape index (κ3) is 5.54. The lowest BCUT2D eigenvalue weighted by atomic mass is 9.43. The van der Waals surface area contributed by atoms with Crippen molar-refractivity contribution in [2.75, 3.05) is 4.90 Å². The van der Waals surface area contributed by atoms with E-state index in [1.165, 1.54) is 82.2 Å². The maximum atomic E-state index is 2.50. The molecule has 0 fully saturated rings. The second-order valence-corrected chi connectivity index (χ2v) is 16.4. The van der Waals surface area contributed by atoms with Crippen LogP contribution in [0.25, 0.3) is 43.8 Å². The molecule has 0 unspecified atom stereocenters. The lowest BCUT2D eigenvalue weighted by Crippen LogP contribution is -2.31. The SMILES string of the molecule is CC1(C)c2ccccc2-c2c(-c3cccc4c3CB(c3ccccc3)C4)cc(N(c3ccc(-c4ccccc4)cc3)c3ccc(-c4ccccc4)s3)cc21. The largest absolute Gasteiger partial charge is 0.302 e. The Morgan fingerprint density at radius 1 is 0.500 bits per heavy atom. The van der Waals surface area contributed by atoms with Crippen LogP contribution in [0, 0.1) is 0 Å². The van der Waals surface area contributed by atoms with E-state index in [0.29, 0.717) is 6.71 Å². The smallest absolute Gasteiger partial charge is 0.184 e. The van der Waals surface area contributed by atoms with Gasteiger partial charge in [0.25, 0.3) is 0 Å². The quantitative estimate of drug-likeness (QED) is 0.149. The highest BCUT2D eigenvalue weighted by molar-refractivity contribution is 7.19. The Labute approximate surface area is 323 Å². The fourth-order valence-electron chi connectivity index (χ4n) is 9.05. The first-order chi connectivity index (χ1) is 26.5. The summed E-state index contributed by atoms with van der Waals surface area (Å²) in [6, 6.07) is 67.4. The molecule has 8 aromatic rings. The van der Waals surface area contributed by atoms with Crippen LogP contribution in [0.3, 0.4) is 0 Å². The molecule has 0 radical (unpaired) electrons. The van der Waals surface area contributed by atoms with Crippen molar-refractivity contribution >= 4 is 39.9 Å². The Morgan fingerprint density at radius 2 is 1.15 bits per heavy atom. The van der Waals surface area contributed by atoms with Gasteiger partial charge in [0.2, 0.25) is 0 Å². The second kappa shape index (κ2) is 13.2. The van der Waals surface area contributed by atoms with E-state index in [0.717, 1.165) is 18.3 Å². The van der Waals surface area contributed by atoms with E-state index < -0.39 is 0 Å². The zero-order chi connectivity index (χ0) is 36.2. The first kappa shape index (κ1) is 32.7. The van der Waals surface area contributed by atoms with Crippen LogP contribution in [0.2, 0.25) is 0 Å². The number of benzene rings is 7. The maximum absolute atomic E-state index is 2.50. The third-order valence-electron chi connectivity index (χ3n) is 11.8. The molecule has 0 bridgehead atoms. The molecular formula is C51H40BNS. The fourth-order valence-corrected chi connectivity index (χ4v) is 10.1. The Kier molecular flexibility index (Phi) is 8.00. The van der Waals surface area contributed by atoms with Crippen LogP contribution in [0.15, 0.2) is 182 Å². The molecule has 0 saturated carbocycles. The Hall–Kier alpha value is -5.90. The van der Waals surface area contributed by atoms with Crippen LogP contribution in [0.1, 0.15) is 36.1 Å². The van der Waals surface area contributed by atoms with Gasteiger partial charge in [-0.3, -0.25) is 0 Å². The van der Waals surface area contributed by atoms with Crippen LogP contribution < -0.4 is 10.4 Å². The third-order valence-corrected chi connectivity index (χ3v) is 12.9. The second-order valence-electron chi connectivity index (χ2n) is 15.3. The van der Waals surface area contributed by atoms with E-state index in [1.807, 2.05) is 11.3 Å². The number of fused-ring (bicyclic) bond motifs is 4. The lowest BCUT2D eigenvalue weighted by Gasteiger charge is -2.28. The molecule has 1 aromatic heterocycles. The van der Waals surface area contributed by atoms with Crippen molar-refractivity contribution in [3.8, 4) is 43.8 Å². The highest BCUT2D eigenvalue weighted by Gasteiger charge is 2.39. The van der Waals surface area contributed by atoms with E-state index in [4.69, 9.17) is 0 Å². The van der Waals surface area contributed by atoms with Crippen LogP contribution >= 0.6 is 11.3 Å². The van der Waals surface area contributed by atoms with Crippen molar-refractivity contribution in [1.82, 2.24) is 0 Å². The molecule has 0 N–H and O–H groups in total. The predicted octanol–water partition coefficient (Wildman–Crippen LogP) is 13.1. The van der Waals surface area contributed by atoms with Gasteiger partial charge in [0, 0.05) is 21.7 Å². The topological polar surface area (TPSA) is 3.24 Å². The Morgan fingerprint density at radius 3 is 1.91 bits per heavy atom. The van der Waals surface area contributed by atoms with Gasteiger partial charge < -0.3 is 4.90 Å². The zero-order valence-electron chi connectivity index (χ0n) is 30.7. The minimum Gasteiger partial charge on any atom is -0.302 e. The predicted molar refractivity (Wildman–Crippen MR) is 232 cm³/mol. The standard InChI is InChI=1S/C51H40BNS/c1-51(2)46-24-13-12-22-43(46)50-44(42-23-14-19-38-33-52(34-45(38)42)39-20-10-5-11-21-39)31-41(32-47(50)51)53(49-30-29-48(54-49)37-17-8-4-9-18-37)40-27-25-36(26-28-40)35-15-6-3-7-16-35/h3-32H,33-34H2,1-2H3. The maximum Gasteiger partial charge on any atom is 0.184 e. The molecule has 3 heteroatoms. The van der Waals surface area contributed by atoms with Gasteiger partial charge in [0.05, 0.1) is 0 Å². The molecule has 10 rings (SSSR count). The van der Waals surface area contributed by atoms with Crippen molar-refractivity contribution < 1.29 is 0 Å². The molecule has 1 aliphatic carbocycles. The van der Waals surface area contributed by atoms with Crippen molar-refractivity contribution in [2.24, 2.45) is 0 Å². The van der Waals surface area contributed by atoms with Crippen LogP contribution in [0.5, 0.6) is 0 Å². The van der Waals surface area contributed by atoms with Crippen molar-refractivity contribution in [2.45, 2.75) is 31.9 Å². The number of thiophene rings is 1. The summed E-state index contributed by atoms with van der Waals surface area (Å²) in [7, 11) is 0. The van der Waals surface area contributed by atoms with Crippen molar-refractivity contribution in [1.29, 1.82) is 0 Å². The van der Waals surface area contributed by atoms with Gasteiger partial charge in [-0.15, -0.1) is 11.3 Å². The van der Waals surface area contributed by atoms with E-state index in [-0.39, 0.29) is 5.41 Å². The molecule has 1 aliphatic heterocycles. The number of anilines is 3. The summed E-state index contributed by atoms with van der Waals surface area (Å²) in [6.45, 7) is 5.30. The monoisotopic (exact) mass is 709 g/mol. The summed E-state index contributed by atoms with van der Waals surface area (Å²) in [5.74, 6) is 0. The van der Waals surface area contributed by atoms with Gasteiger partial charge in [-0.05, 0) is 105 Å². The van der Waals surface area contributed by atoms with Gasteiger partial charge in [-0.25, -0.2) is 0 Å². The van der Waals surface area contributed by atoms with Crippen LogP contribution in [-0.2, 0) is 18.1 Å². The molecule has 2 aliphatic rings. The van der Waals surface area contributed by atoms with Gasteiger partial charge in [-0.1, -0.05) is 170 Å². The Balaban J connectivity index is 1.18. The number of hydrogen-bond acceptors (Lipinski definition) is 2. The van der Waals surface area contributed by atoms with E-state index in [2.05, 4.69) is 201 Å². The fraction of sp³-hybridized carbons (Fsp3) is 0.0980. The summed E-state index contributed by atoms with van der Waals surface area (Å²) in [6.07, 6.45) is 2.13. The molecule has 0 atom stereocenters. The minimum atomic E-state index is -0.158. The number of hydrogen-bond donors (Lipinski definition) is 0. The summed E-state index contributed by atoms with van der Waals surface area (Å²) in [4.78, 5) is 3.75. The first-order valence-electron chi connectivity index (χ1n) is 19.1. The number of rotatable bonds is 7. The van der Waals surface area contributed by atoms with Crippen LogP contribution in [-0.4, -0.2) is 6.71 Å². The van der Waals surface area contributed by atoms with E-state index in [9.17, 15) is 0 Å². The van der Waals surface area contributed by atoms with Crippen LogP contribution in [0.4, 0.5) is 16.4 Å². The molecule has 0 saturated heterocycles. The molecule has 258 valence electrons. The molecule has 2 heterocycles. The van der Waals surface area contributed by atoms with Gasteiger partial charge in [-0.2, -0.15) is 0 Å². The molecule has 54 heavy (non-hydrogen) atoms. The minimum absolute atomic E-state index is 0.158. The Bertz CT molecular complexity index is 2620. The van der Waals surface area contributed by atoms with Gasteiger partial charge >= 0.3 is 0 Å². The molecular weight excluding hydrogens is 669 g/mol. The highest BCUT2D eigenvalue weighted by atomic mass is 32.1. The molecule has 7 aromatic carbocycles. The van der Waals surface area contributed by atoms with Gasteiger partial charge in [0.1, 0.15) is 5.00 Å². The first-order valence-corrected chi connectivity index (χ1v) is 19.9. The van der Waals surface area contributed by atoms with Gasteiger partial charge in [0.15, 0.2) is 6.71 Å². The molecule has 0 amide bonds. The lowest BCUT2D eigenvalue weighted by molar-refractivity contribution is 0.660. The summed E-state index contributed by atoms with van der Waals surface area (Å²) in [5, 5.41) is 1.20. The van der Waals surface area contributed by atoms with Crippen molar-refractivity contribution in [3.05, 3.63) is 204 Å². The molecule has 1 nitrogen and oxygen atoms in total. The summed E-state index contributed by atoms with van der Waals surface area (Å²) >= 11 is 1.85. The van der Waals surface area contributed by atoms with E-state index >= 15 is 0 Å². The summed E-state index contributed by atoms with van der Waals surface area (Å²) in [5.41, 5.74) is 18.5. The average Bonchev–Trinajstić information content (AvgIpc) is 3.95. The average molecular weight is 710 g/mol. The van der Waals surface area contributed by atoms with Crippen molar-refractivity contribution in [3.63, 3.8) is 0 Å². The molecule has 0 spiro atoms. The highest BCUT2D eigenvalue weighted by Crippen LogP contribution is 2.55. The number of nitrogens with zero attached hydrogens (tertiary/aromatic N) is 1. The summed E-state index contributed by atoms with van der Waals surface area (Å²) < 4.78 is 0. The normalized spacial score (nSPS) is 13.7. The zero-order valence-corrected chi connectivity index (χ0v) is 31.5.